The molecule has 0 aliphatic heterocycles. The summed E-state index contributed by atoms with van der Waals surface area (Å²) in [5.74, 6) is -0.109. The van der Waals surface area contributed by atoms with Crippen LogP contribution in [0.25, 0.3) is 16.7 Å². The number of anilines is 1. The van der Waals surface area contributed by atoms with Gasteiger partial charge in [0.15, 0.2) is 5.16 Å². The Morgan fingerprint density at radius 1 is 1.10 bits per heavy atom. The van der Waals surface area contributed by atoms with Gasteiger partial charge in [0.25, 0.3) is 0 Å². The molecule has 2 aromatic heterocycles. The van der Waals surface area contributed by atoms with Crippen LogP contribution in [0.15, 0.2) is 58.5 Å². The summed E-state index contributed by atoms with van der Waals surface area (Å²) >= 11 is 1.47. The molecule has 1 aliphatic rings. The topological polar surface area (TPSA) is 95.6 Å². The van der Waals surface area contributed by atoms with E-state index >= 15 is 0 Å². The van der Waals surface area contributed by atoms with Crippen LogP contribution >= 0.6 is 11.8 Å². The number of thioether (sulfide) groups is 1. The first-order chi connectivity index (χ1) is 15.1. The molecule has 2 heterocycles. The Morgan fingerprint density at radius 3 is 2.71 bits per heavy atom. The van der Waals surface area contributed by atoms with E-state index < -0.39 is 0 Å². The number of benzene rings is 2. The lowest BCUT2D eigenvalue weighted by molar-refractivity contribution is -0.115. The van der Waals surface area contributed by atoms with E-state index in [0.29, 0.717) is 16.7 Å². The largest absolute Gasteiger partial charge is 0.325 e. The lowest BCUT2D eigenvalue weighted by atomic mass is 10.0. The SMILES string of the molecule is CC(Sc1nc2c(n1-c1ccccc1)CCCC2)C(=O)Nc1ccc2[nH]c(=O)[nH]c2c1. The molecule has 31 heavy (non-hydrogen) atoms. The van der Waals surface area contributed by atoms with E-state index in [1.165, 1.54) is 17.5 Å². The molecule has 1 amide bonds. The van der Waals surface area contributed by atoms with Gasteiger partial charge in [0.1, 0.15) is 0 Å². The smallest absolute Gasteiger partial charge is 0.323 e. The van der Waals surface area contributed by atoms with Crippen LogP contribution in [0.3, 0.4) is 0 Å². The summed E-state index contributed by atoms with van der Waals surface area (Å²) in [6.45, 7) is 1.89. The maximum atomic E-state index is 12.9. The number of carbonyl (C=O) groups is 1. The molecular weight excluding hydrogens is 410 g/mol. The molecule has 1 atom stereocenters. The van der Waals surface area contributed by atoms with Crippen LogP contribution in [0.5, 0.6) is 0 Å². The Hall–Kier alpha value is -3.26. The van der Waals surface area contributed by atoms with Gasteiger partial charge in [0, 0.05) is 17.1 Å². The molecule has 2 aromatic carbocycles. The van der Waals surface area contributed by atoms with Crippen molar-refractivity contribution in [3.05, 3.63) is 70.4 Å². The Balaban J connectivity index is 1.39. The van der Waals surface area contributed by atoms with Crippen molar-refractivity contribution in [2.75, 3.05) is 5.32 Å². The molecule has 0 fully saturated rings. The minimum Gasteiger partial charge on any atom is -0.325 e. The average molecular weight is 434 g/mol. The van der Waals surface area contributed by atoms with Gasteiger partial charge in [0.2, 0.25) is 5.91 Å². The fourth-order valence-electron chi connectivity index (χ4n) is 4.00. The van der Waals surface area contributed by atoms with Crippen molar-refractivity contribution in [1.29, 1.82) is 0 Å². The number of imidazole rings is 2. The van der Waals surface area contributed by atoms with Gasteiger partial charge >= 0.3 is 5.69 Å². The molecule has 0 saturated heterocycles. The maximum absolute atomic E-state index is 12.9. The number of rotatable bonds is 5. The van der Waals surface area contributed by atoms with E-state index in [1.54, 1.807) is 18.2 Å². The third-order valence-corrected chi connectivity index (χ3v) is 6.60. The van der Waals surface area contributed by atoms with Crippen LogP contribution in [0.2, 0.25) is 0 Å². The molecule has 1 unspecified atom stereocenters. The highest BCUT2D eigenvalue weighted by atomic mass is 32.2. The van der Waals surface area contributed by atoms with Crippen LogP contribution in [0.4, 0.5) is 5.69 Å². The summed E-state index contributed by atoms with van der Waals surface area (Å²) in [6.07, 6.45) is 4.31. The van der Waals surface area contributed by atoms with E-state index in [1.807, 2.05) is 25.1 Å². The summed E-state index contributed by atoms with van der Waals surface area (Å²) in [7, 11) is 0. The first-order valence-electron chi connectivity index (χ1n) is 10.4. The normalized spacial score (nSPS) is 14.4. The molecule has 0 radical (unpaired) electrons. The second-order valence-electron chi connectivity index (χ2n) is 7.75. The van der Waals surface area contributed by atoms with Gasteiger partial charge in [-0.2, -0.15) is 0 Å². The fourth-order valence-corrected chi connectivity index (χ4v) is 4.97. The van der Waals surface area contributed by atoms with Gasteiger partial charge in [-0.05, 0) is 62.9 Å². The van der Waals surface area contributed by atoms with Gasteiger partial charge in [-0.3, -0.25) is 9.36 Å². The zero-order valence-electron chi connectivity index (χ0n) is 17.1. The van der Waals surface area contributed by atoms with Gasteiger partial charge in [-0.15, -0.1) is 0 Å². The molecule has 1 aliphatic carbocycles. The lowest BCUT2D eigenvalue weighted by Crippen LogP contribution is -2.23. The van der Waals surface area contributed by atoms with Crippen molar-refractivity contribution >= 4 is 34.4 Å². The highest BCUT2D eigenvalue weighted by Gasteiger charge is 2.24. The highest BCUT2D eigenvalue weighted by molar-refractivity contribution is 8.00. The summed E-state index contributed by atoms with van der Waals surface area (Å²) < 4.78 is 2.21. The third kappa shape index (κ3) is 3.90. The van der Waals surface area contributed by atoms with Gasteiger partial charge in [-0.1, -0.05) is 30.0 Å². The number of amides is 1. The monoisotopic (exact) mass is 433 g/mol. The number of aromatic nitrogens is 4. The second kappa shape index (κ2) is 8.11. The molecule has 5 rings (SSSR count). The zero-order chi connectivity index (χ0) is 21.4. The molecule has 3 N–H and O–H groups in total. The van der Waals surface area contributed by atoms with Crippen LogP contribution in [-0.2, 0) is 17.6 Å². The number of hydrogen-bond acceptors (Lipinski definition) is 4. The minimum absolute atomic E-state index is 0.109. The lowest BCUT2D eigenvalue weighted by Gasteiger charge is -2.16. The van der Waals surface area contributed by atoms with Crippen molar-refractivity contribution in [3.8, 4) is 5.69 Å². The van der Waals surface area contributed by atoms with Crippen molar-refractivity contribution < 1.29 is 4.79 Å². The van der Waals surface area contributed by atoms with Crippen LogP contribution < -0.4 is 11.0 Å². The molecular formula is C23H23N5O2S. The fraction of sp³-hybridized carbons (Fsp3) is 0.261. The van der Waals surface area contributed by atoms with Crippen molar-refractivity contribution in [2.24, 2.45) is 0 Å². The number of nitrogens with zero attached hydrogens (tertiary/aromatic N) is 2. The third-order valence-electron chi connectivity index (χ3n) is 5.55. The quantitative estimate of drug-likeness (QED) is 0.414. The Kier molecular flexibility index (Phi) is 5.15. The Morgan fingerprint density at radius 2 is 1.87 bits per heavy atom. The minimum atomic E-state index is -0.340. The Labute approximate surface area is 183 Å². The van der Waals surface area contributed by atoms with E-state index in [9.17, 15) is 9.59 Å². The van der Waals surface area contributed by atoms with Gasteiger partial charge in [-0.25, -0.2) is 9.78 Å². The molecule has 4 aromatic rings. The Bertz CT molecular complexity index is 1300. The predicted molar refractivity (Wildman–Crippen MR) is 123 cm³/mol. The summed E-state index contributed by atoms with van der Waals surface area (Å²) in [5.41, 5.74) is 5.23. The number of aromatic amines is 2. The number of hydrogen-bond donors (Lipinski definition) is 3. The number of carbonyl (C=O) groups excluding carboxylic acids is 1. The highest BCUT2D eigenvalue weighted by Crippen LogP contribution is 2.32. The van der Waals surface area contributed by atoms with Crippen LogP contribution in [0.1, 0.15) is 31.2 Å². The standard InChI is InChI=1S/C23H23N5O2S/c1-14(21(29)24-15-11-12-17-19(13-15)26-22(30)25-17)31-23-27-18-9-5-6-10-20(18)28(23)16-7-3-2-4-8-16/h2-4,7-8,11-14H,5-6,9-10H2,1H3,(H,24,29)(H2,25,26,30). The first kappa shape index (κ1) is 19.7. The second-order valence-corrected chi connectivity index (χ2v) is 9.06. The molecule has 8 heteroatoms. The van der Waals surface area contributed by atoms with Crippen LogP contribution in [0, 0.1) is 0 Å². The van der Waals surface area contributed by atoms with Crippen molar-refractivity contribution in [2.45, 2.75) is 43.0 Å². The van der Waals surface area contributed by atoms with E-state index in [-0.39, 0.29) is 16.8 Å². The molecule has 0 bridgehead atoms. The first-order valence-corrected chi connectivity index (χ1v) is 11.3. The molecule has 0 saturated carbocycles. The van der Waals surface area contributed by atoms with Crippen molar-refractivity contribution in [1.82, 2.24) is 19.5 Å². The number of nitrogens with one attached hydrogen (secondary N) is 3. The van der Waals surface area contributed by atoms with Gasteiger partial charge < -0.3 is 15.3 Å². The van der Waals surface area contributed by atoms with E-state index in [4.69, 9.17) is 4.98 Å². The van der Waals surface area contributed by atoms with Gasteiger partial charge in [0.05, 0.1) is 22.0 Å². The zero-order valence-corrected chi connectivity index (χ0v) is 18.0. The molecule has 7 nitrogen and oxygen atoms in total. The summed E-state index contributed by atoms with van der Waals surface area (Å²) in [6, 6.07) is 15.5. The number of fused-ring (bicyclic) bond motifs is 2. The molecule has 0 spiro atoms. The van der Waals surface area contributed by atoms with Crippen molar-refractivity contribution in [3.63, 3.8) is 0 Å². The number of aryl methyl sites for hydroxylation is 1. The van der Waals surface area contributed by atoms with Crippen LogP contribution in [-0.4, -0.2) is 30.7 Å². The average Bonchev–Trinajstić information content (AvgIpc) is 3.32. The van der Waals surface area contributed by atoms with E-state index in [0.717, 1.165) is 42.2 Å². The summed E-state index contributed by atoms with van der Waals surface area (Å²) in [4.78, 5) is 34.7. The predicted octanol–water partition coefficient (Wildman–Crippen LogP) is 4.04. The van der Waals surface area contributed by atoms with E-state index in [2.05, 4.69) is 32.0 Å². The number of H-pyrrole nitrogens is 2. The maximum Gasteiger partial charge on any atom is 0.323 e. The number of para-hydroxylation sites is 1. The summed E-state index contributed by atoms with van der Waals surface area (Å²) in [5, 5.41) is 3.46. The molecule has 158 valence electrons.